The molecular weight excluding hydrogens is 196 g/mol. The number of nitrogens with one attached hydrogen (secondary N) is 1. The van der Waals surface area contributed by atoms with Crippen LogP contribution in [0.4, 0.5) is 0 Å². The van der Waals surface area contributed by atoms with Crippen molar-refractivity contribution in [1.29, 1.82) is 0 Å². The van der Waals surface area contributed by atoms with Crippen molar-refractivity contribution in [3.8, 4) is 0 Å². The van der Waals surface area contributed by atoms with E-state index in [-0.39, 0.29) is 24.0 Å². The Morgan fingerprint density at radius 2 is 2.20 bits per heavy atom. The van der Waals surface area contributed by atoms with E-state index >= 15 is 0 Å². The molecule has 0 aromatic rings. The Hall–Kier alpha value is -0.650. The molecule has 1 heterocycles. The van der Waals surface area contributed by atoms with Crippen LogP contribution >= 0.6 is 0 Å². The molecule has 1 fully saturated rings. The fourth-order valence-electron chi connectivity index (χ4n) is 1.62. The second kappa shape index (κ2) is 5.44. The normalized spacial score (nSPS) is 22.3. The second-order valence-electron chi connectivity index (χ2n) is 4.24. The third kappa shape index (κ3) is 3.44. The van der Waals surface area contributed by atoms with Gasteiger partial charge in [-0.15, -0.1) is 0 Å². The Labute approximate surface area is 90.0 Å². The van der Waals surface area contributed by atoms with Crippen LogP contribution in [0.3, 0.4) is 0 Å². The van der Waals surface area contributed by atoms with Gasteiger partial charge in [-0.25, -0.2) is 0 Å². The molecule has 0 aromatic carbocycles. The van der Waals surface area contributed by atoms with Crippen LogP contribution < -0.4 is 11.1 Å². The lowest BCUT2D eigenvalue weighted by Gasteiger charge is -2.37. The van der Waals surface area contributed by atoms with E-state index in [2.05, 4.69) is 5.32 Å². The summed E-state index contributed by atoms with van der Waals surface area (Å²) in [6.07, 6.45) is 1.55. The number of ether oxygens (including phenoxy) is 1. The highest BCUT2D eigenvalue weighted by Crippen LogP contribution is 2.20. The molecule has 1 aliphatic heterocycles. The van der Waals surface area contributed by atoms with Gasteiger partial charge in [0.15, 0.2) is 0 Å². The molecule has 0 radical (unpaired) electrons. The van der Waals surface area contributed by atoms with Crippen LogP contribution in [0.2, 0.25) is 0 Å². The van der Waals surface area contributed by atoms with E-state index in [1.165, 1.54) is 0 Å². The summed E-state index contributed by atoms with van der Waals surface area (Å²) in [4.78, 5) is 10.9. The van der Waals surface area contributed by atoms with Gasteiger partial charge >= 0.3 is 0 Å². The van der Waals surface area contributed by atoms with Crippen molar-refractivity contribution >= 4 is 5.91 Å². The summed E-state index contributed by atoms with van der Waals surface area (Å²) in [5, 5.41) is 12.6. The number of hydrogen-bond donors (Lipinski definition) is 3. The number of aliphatic hydroxyl groups is 1. The third-order valence-electron chi connectivity index (χ3n) is 3.02. The van der Waals surface area contributed by atoms with Crippen LogP contribution in [0, 0.1) is 5.92 Å². The topological polar surface area (TPSA) is 84.6 Å². The standard InChI is InChI=1S/C10H20N2O3/c1-8(9(11)14)6-12-10(7-13)2-4-15-5-3-10/h8,12-13H,2-7H2,1H3,(H2,11,14). The molecule has 0 aromatic heterocycles. The van der Waals surface area contributed by atoms with Crippen LogP contribution in [0.1, 0.15) is 19.8 Å². The molecule has 1 aliphatic rings. The van der Waals surface area contributed by atoms with Gasteiger partial charge in [-0.05, 0) is 12.8 Å². The van der Waals surface area contributed by atoms with Crippen molar-refractivity contribution < 1.29 is 14.6 Å². The molecule has 4 N–H and O–H groups in total. The van der Waals surface area contributed by atoms with Gasteiger partial charge in [0.2, 0.25) is 5.91 Å². The largest absolute Gasteiger partial charge is 0.394 e. The fraction of sp³-hybridized carbons (Fsp3) is 0.900. The number of nitrogens with two attached hydrogens (primary N) is 1. The van der Waals surface area contributed by atoms with Gasteiger partial charge in [-0.1, -0.05) is 6.92 Å². The predicted octanol–water partition coefficient (Wildman–Crippen LogP) is -0.761. The molecule has 0 saturated carbocycles. The summed E-state index contributed by atoms with van der Waals surface area (Å²) < 4.78 is 5.24. The number of carbonyl (C=O) groups excluding carboxylic acids is 1. The monoisotopic (exact) mass is 216 g/mol. The summed E-state index contributed by atoms with van der Waals surface area (Å²) in [5.74, 6) is -0.529. The second-order valence-corrected chi connectivity index (χ2v) is 4.24. The number of primary amides is 1. The SMILES string of the molecule is CC(CNC1(CO)CCOCC1)C(N)=O. The molecular formula is C10H20N2O3. The number of aliphatic hydroxyl groups excluding tert-OH is 1. The number of carbonyl (C=O) groups is 1. The van der Waals surface area contributed by atoms with Crippen LogP contribution in [0.15, 0.2) is 0 Å². The molecule has 5 nitrogen and oxygen atoms in total. The molecule has 1 atom stereocenters. The number of rotatable bonds is 5. The summed E-state index contributed by atoms with van der Waals surface area (Å²) in [6, 6.07) is 0. The quantitative estimate of drug-likeness (QED) is 0.564. The molecule has 88 valence electrons. The molecule has 1 saturated heterocycles. The van der Waals surface area contributed by atoms with Gasteiger partial charge < -0.3 is 20.9 Å². The minimum absolute atomic E-state index is 0.0713. The van der Waals surface area contributed by atoms with E-state index in [1.54, 1.807) is 6.92 Å². The Bertz CT molecular complexity index is 215. The van der Waals surface area contributed by atoms with Gasteiger partial charge in [-0.3, -0.25) is 4.79 Å². The van der Waals surface area contributed by atoms with Crippen molar-refractivity contribution in [2.45, 2.75) is 25.3 Å². The molecule has 1 amide bonds. The Morgan fingerprint density at radius 3 is 2.67 bits per heavy atom. The van der Waals surface area contributed by atoms with Crippen LogP contribution in [0.5, 0.6) is 0 Å². The zero-order chi connectivity index (χ0) is 11.3. The summed E-state index contributed by atoms with van der Waals surface area (Å²) >= 11 is 0. The maximum absolute atomic E-state index is 10.9. The van der Waals surface area contributed by atoms with Crippen molar-refractivity contribution in [1.82, 2.24) is 5.32 Å². The van der Waals surface area contributed by atoms with E-state index in [1.807, 2.05) is 0 Å². The third-order valence-corrected chi connectivity index (χ3v) is 3.02. The van der Waals surface area contributed by atoms with Crippen LogP contribution in [-0.2, 0) is 9.53 Å². The summed E-state index contributed by atoms with van der Waals surface area (Å²) in [5.41, 5.74) is 4.88. The molecule has 0 aliphatic carbocycles. The van der Waals surface area contributed by atoms with Gasteiger partial charge in [0.05, 0.1) is 6.61 Å². The zero-order valence-corrected chi connectivity index (χ0v) is 9.16. The molecule has 15 heavy (non-hydrogen) atoms. The maximum atomic E-state index is 10.9. The fourth-order valence-corrected chi connectivity index (χ4v) is 1.62. The first-order valence-corrected chi connectivity index (χ1v) is 5.32. The molecule has 0 bridgehead atoms. The van der Waals surface area contributed by atoms with Crippen molar-refractivity contribution in [2.24, 2.45) is 11.7 Å². The first kappa shape index (κ1) is 12.4. The number of amides is 1. The van der Waals surface area contributed by atoms with Crippen LogP contribution in [0.25, 0.3) is 0 Å². The first-order chi connectivity index (χ1) is 7.09. The summed E-state index contributed by atoms with van der Waals surface area (Å²) in [6.45, 7) is 3.66. The highest BCUT2D eigenvalue weighted by Gasteiger charge is 2.31. The van der Waals surface area contributed by atoms with Crippen molar-refractivity contribution in [3.63, 3.8) is 0 Å². The van der Waals surface area contributed by atoms with E-state index in [4.69, 9.17) is 10.5 Å². The van der Waals surface area contributed by atoms with E-state index in [9.17, 15) is 9.90 Å². The lowest BCUT2D eigenvalue weighted by molar-refractivity contribution is -0.121. The van der Waals surface area contributed by atoms with E-state index in [0.717, 1.165) is 12.8 Å². The average Bonchev–Trinajstić information content (AvgIpc) is 2.27. The highest BCUT2D eigenvalue weighted by molar-refractivity contribution is 5.76. The van der Waals surface area contributed by atoms with Gasteiger partial charge in [-0.2, -0.15) is 0 Å². The van der Waals surface area contributed by atoms with Crippen molar-refractivity contribution in [3.05, 3.63) is 0 Å². The highest BCUT2D eigenvalue weighted by atomic mass is 16.5. The Balaban J connectivity index is 2.42. The van der Waals surface area contributed by atoms with E-state index < -0.39 is 0 Å². The molecule has 0 spiro atoms. The lowest BCUT2D eigenvalue weighted by atomic mass is 9.90. The summed E-state index contributed by atoms with van der Waals surface area (Å²) in [7, 11) is 0. The van der Waals surface area contributed by atoms with Crippen LogP contribution in [-0.4, -0.2) is 42.9 Å². The van der Waals surface area contributed by atoms with Gasteiger partial charge in [0, 0.05) is 31.2 Å². The maximum Gasteiger partial charge on any atom is 0.221 e. The minimum atomic E-state index is -0.317. The van der Waals surface area contributed by atoms with E-state index in [0.29, 0.717) is 19.8 Å². The van der Waals surface area contributed by atoms with Crippen molar-refractivity contribution in [2.75, 3.05) is 26.4 Å². The van der Waals surface area contributed by atoms with Gasteiger partial charge in [0.25, 0.3) is 0 Å². The molecule has 1 unspecified atom stereocenters. The smallest absolute Gasteiger partial charge is 0.221 e. The zero-order valence-electron chi connectivity index (χ0n) is 9.16. The predicted molar refractivity (Wildman–Crippen MR) is 56.2 cm³/mol. The van der Waals surface area contributed by atoms with Gasteiger partial charge in [0.1, 0.15) is 0 Å². The minimum Gasteiger partial charge on any atom is -0.394 e. The molecule has 5 heteroatoms. The average molecular weight is 216 g/mol. The Morgan fingerprint density at radius 1 is 1.60 bits per heavy atom. The lowest BCUT2D eigenvalue weighted by Crippen LogP contribution is -2.54. The molecule has 1 rings (SSSR count). The number of hydrogen-bond acceptors (Lipinski definition) is 4. The first-order valence-electron chi connectivity index (χ1n) is 5.32. The Kier molecular flexibility index (Phi) is 4.50.